The first-order valence-corrected chi connectivity index (χ1v) is 6.43. The van der Waals surface area contributed by atoms with E-state index in [1.54, 1.807) is 6.07 Å². The van der Waals surface area contributed by atoms with Crippen LogP contribution in [0.5, 0.6) is 0 Å². The van der Waals surface area contributed by atoms with Gasteiger partial charge in [-0.2, -0.15) is 0 Å². The maximum absolute atomic E-state index is 13.3. The first-order chi connectivity index (χ1) is 8.20. The Morgan fingerprint density at radius 1 is 1.41 bits per heavy atom. The van der Waals surface area contributed by atoms with Gasteiger partial charge in [-0.3, -0.25) is 0 Å². The van der Waals surface area contributed by atoms with Gasteiger partial charge in [0.2, 0.25) is 0 Å². The first-order valence-electron chi connectivity index (χ1n) is 6.43. The van der Waals surface area contributed by atoms with E-state index in [0.29, 0.717) is 12.6 Å². The molecule has 0 heterocycles. The molecule has 2 nitrogen and oxygen atoms in total. The van der Waals surface area contributed by atoms with Gasteiger partial charge in [0, 0.05) is 18.6 Å². The summed E-state index contributed by atoms with van der Waals surface area (Å²) >= 11 is 0. The van der Waals surface area contributed by atoms with Crippen molar-refractivity contribution in [2.75, 3.05) is 6.54 Å². The Bertz CT molecular complexity index is 372. The molecule has 1 aromatic carbocycles. The minimum Gasteiger partial charge on any atom is -0.329 e. The molecule has 17 heavy (non-hydrogen) atoms. The summed E-state index contributed by atoms with van der Waals surface area (Å²) in [5.41, 5.74) is 7.92. The van der Waals surface area contributed by atoms with E-state index in [0.717, 1.165) is 11.1 Å². The molecule has 2 rings (SSSR count). The molecule has 1 aromatic rings. The molecule has 3 heteroatoms. The van der Waals surface area contributed by atoms with Crippen molar-refractivity contribution in [2.45, 2.75) is 44.7 Å². The van der Waals surface area contributed by atoms with Gasteiger partial charge < -0.3 is 11.1 Å². The van der Waals surface area contributed by atoms with Crippen molar-refractivity contribution < 1.29 is 4.39 Å². The van der Waals surface area contributed by atoms with E-state index in [-0.39, 0.29) is 11.9 Å². The van der Waals surface area contributed by atoms with Gasteiger partial charge in [-0.05, 0) is 43.0 Å². The predicted octanol–water partition coefficient (Wildman–Crippen LogP) is 2.67. The fraction of sp³-hybridized carbons (Fsp3) is 0.571. The molecule has 0 aliphatic heterocycles. The van der Waals surface area contributed by atoms with Crippen LogP contribution in [0.3, 0.4) is 0 Å². The van der Waals surface area contributed by atoms with E-state index in [2.05, 4.69) is 5.32 Å². The molecule has 1 aliphatic rings. The Labute approximate surface area is 102 Å². The third-order valence-electron chi connectivity index (χ3n) is 3.64. The average Bonchev–Trinajstić information content (AvgIpc) is 2.82. The zero-order chi connectivity index (χ0) is 12.3. The standard InChI is InChI=1S/C14H21FN2/c1-10-6-7-11(15)8-13(10)14(9-16)17-12-4-2-3-5-12/h6-8,12,14,17H,2-5,9,16H2,1H3. The Kier molecular flexibility index (Phi) is 4.13. The summed E-state index contributed by atoms with van der Waals surface area (Å²) < 4.78 is 13.3. The van der Waals surface area contributed by atoms with Crippen LogP contribution in [0.4, 0.5) is 4.39 Å². The lowest BCUT2D eigenvalue weighted by Gasteiger charge is -2.23. The highest BCUT2D eigenvalue weighted by molar-refractivity contribution is 5.30. The summed E-state index contributed by atoms with van der Waals surface area (Å²) in [4.78, 5) is 0. The molecule has 0 spiro atoms. The minimum absolute atomic E-state index is 0.0776. The van der Waals surface area contributed by atoms with E-state index < -0.39 is 0 Å². The fourth-order valence-corrected chi connectivity index (χ4v) is 2.65. The lowest BCUT2D eigenvalue weighted by molar-refractivity contribution is 0.442. The molecular weight excluding hydrogens is 215 g/mol. The summed E-state index contributed by atoms with van der Waals surface area (Å²) in [6.45, 7) is 2.52. The molecule has 0 bridgehead atoms. The van der Waals surface area contributed by atoms with Crippen molar-refractivity contribution in [1.29, 1.82) is 0 Å². The molecule has 1 fully saturated rings. The average molecular weight is 236 g/mol. The number of nitrogens with one attached hydrogen (secondary N) is 1. The summed E-state index contributed by atoms with van der Waals surface area (Å²) in [6, 6.07) is 5.56. The molecule has 0 amide bonds. The van der Waals surface area contributed by atoms with Crippen LogP contribution in [0.1, 0.15) is 42.9 Å². The number of benzene rings is 1. The molecule has 3 N–H and O–H groups in total. The molecule has 1 unspecified atom stereocenters. The Balaban J connectivity index is 2.13. The third-order valence-corrected chi connectivity index (χ3v) is 3.64. The predicted molar refractivity (Wildman–Crippen MR) is 68.3 cm³/mol. The highest BCUT2D eigenvalue weighted by Crippen LogP contribution is 2.23. The van der Waals surface area contributed by atoms with E-state index >= 15 is 0 Å². The van der Waals surface area contributed by atoms with E-state index in [9.17, 15) is 4.39 Å². The first kappa shape index (κ1) is 12.5. The second-order valence-electron chi connectivity index (χ2n) is 4.94. The molecule has 1 atom stereocenters. The molecule has 94 valence electrons. The van der Waals surface area contributed by atoms with Crippen LogP contribution in [0.2, 0.25) is 0 Å². The number of halogens is 1. The SMILES string of the molecule is Cc1ccc(F)cc1C(CN)NC1CCCC1. The second-order valence-corrected chi connectivity index (χ2v) is 4.94. The maximum atomic E-state index is 13.3. The van der Waals surface area contributed by atoms with Crippen LogP contribution in [0.15, 0.2) is 18.2 Å². The van der Waals surface area contributed by atoms with Crippen molar-refractivity contribution in [3.63, 3.8) is 0 Å². The maximum Gasteiger partial charge on any atom is 0.123 e. The molecule has 0 saturated heterocycles. The van der Waals surface area contributed by atoms with E-state index in [1.807, 2.05) is 13.0 Å². The Hall–Kier alpha value is -0.930. The van der Waals surface area contributed by atoms with Crippen LogP contribution < -0.4 is 11.1 Å². The smallest absolute Gasteiger partial charge is 0.123 e. The molecule has 1 saturated carbocycles. The van der Waals surface area contributed by atoms with Crippen molar-refractivity contribution in [3.05, 3.63) is 35.1 Å². The van der Waals surface area contributed by atoms with Gasteiger partial charge >= 0.3 is 0 Å². The number of aryl methyl sites for hydroxylation is 1. The Morgan fingerprint density at radius 3 is 2.76 bits per heavy atom. The summed E-state index contributed by atoms with van der Waals surface area (Å²) in [5, 5.41) is 3.56. The lowest BCUT2D eigenvalue weighted by atomic mass is 10.00. The van der Waals surface area contributed by atoms with Crippen LogP contribution in [0.25, 0.3) is 0 Å². The van der Waals surface area contributed by atoms with E-state index in [1.165, 1.54) is 31.7 Å². The second kappa shape index (κ2) is 5.61. The Morgan fingerprint density at radius 2 is 2.12 bits per heavy atom. The highest BCUT2D eigenvalue weighted by Gasteiger charge is 2.20. The van der Waals surface area contributed by atoms with Gasteiger partial charge in [-0.15, -0.1) is 0 Å². The lowest BCUT2D eigenvalue weighted by Crippen LogP contribution is -2.35. The van der Waals surface area contributed by atoms with Crippen molar-refractivity contribution in [2.24, 2.45) is 5.73 Å². The van der Waals surface area contributed by atoms with Gasteiger partial charge in [-0.1, -0.05) is 18.9 Å². The summed E-state index contributed by atoms with van der Waals surface area (Å²) in [5.74, 6) is -0.183. The largest absolute Gasteiger partial charge is 0.329 e. The van der Waals surface area contributed by atoms with Crippen LogP contribution >= 0.6 is 0 Å². The van der Waals surface area contributed by atoms with Crippen LogP contribution in [-0.2, 0) is 0 Å². The summed E-state index contributed by atoms with van der Waals surface area (Å²) in [6.07, 6.45) is 5.00. The number of nitrogens with two attached hydrogens (primary N) is 1. The topological polar surface area (TPSA) is 38.0 Å². The minimum atomic E-state index is -0.183. The van der Waals surface area contributed by atoms with Crippen LogP contribution in [0, 0.1) is 12.7 Å². The normalized spacial score (nSPS) is 18.5. The van der Waals surface area contributed by atoms with Crippen molar-refractivity contribution in [3.8, 4) is 0 Å². The molecule has 1 aliphatic carbocycles. The van der Waals surface area contributed by atoms with Gasteiger partial charge in [0.1, 0.15) is 5.82 Å². The molecule has 0 radical (unpaired) electrons. The number of hydrogen-bond donors (Lipinski definition) is 2. The molecule has 0 aromatic heterocycles. The zero-order valence-corrected chi connectivity index (χ0v) is 10.4. The van der Waals surface area contributed by atoms with Gasteiger partial charge in [0.15, 0.2) is 0 Å². The third kappa shape index (κ3) is 3.05. The van der Waals surface area contributed by atoms with Crippen LogP contribution in [-0.4, -0.2) is 12.6 Å². The van der Waals surface area contributed by atoms with E-state index in [4.69, 9.17) is 5.73 Å². The molecular formula is C14H21FN2. The number of hydrogen-bond acceptors (Lipinski definition) is 2. The van der Waals surface area contributed by atoms with Crippen molar-refractivity contribution in [1.82, 2.24) is 5.32 Å². The fourth-order valence-electron chi connectivity index (χ4n) is 2.65. The van der Waals surface area contributed by atoms with Crippen molar-refractivity contribution >= 4 is 0 Å². The summed E-state index contributed by atoms with van der Waals surface area (Å²) in [7, 11) is 0. The van der Waals surface area contributed by atoms with Gasteiger partial charge in [0.05, 0.1) is 0 Å². The highest BCUT2D eigenvalue weighted by atomic mass is 19.1. The number of rotatable bonds is 4. The monoisotopic (exact) mass is 236 g/mol. The van der Waals surface area contributed by atoms with Gasteiger partial charge in [-0.25, -0.2) is 4.39 Å². The zero-order valence-electron chi connectivity index (χ0n) is 10.4. The van der Waals surface area contributed by atoms with Gasteiger partial charge in [0.25, 0.3) is 0 Å². The quantitative estimate of drug-likeness (QED) is 0.843.